The zero-order chi connectivity index (χ0) is 17.3. The number of amides is 2. The maximum Gasteiger partial charge on any atom is 0.407 e. The zero-order valence-electron chi connectivity index (χ0n) is 14.5. The number of cyclic esters (lactones) is 1. The minimum absolute atomic E-state index is 0.0369. The highest BCUT2D eigenvalue weighted by molar-refractivity contribution is 5.77. The Morgan fingerprint density at radius 1 is 1.38 bits per heavy atom. The van der Waals surface area contributed by atoms with Gasteiger partial charge in [0.1, 0.15) is 6.61 Å². The van der Waals surface area contributed by atoms with Gasteiger partial charge >= 0.3 is 6.09 Å². The Hall–Kier alpha value is -2.11. The number of carbonyl (C=O) groups excluding carboxylic acids is 2. The van der Waals surface area contributed by atoms with E-state index in [2.05, 4.69) is 43.2 Å². The van der Waals surface area contributed by atoms with Crippen molar-refractivity contribution in [2.45, 2.75) is 51.0 Å². The van der Waals surface area contributed by atoms with Crippen molar-refractivity contribution in [3.63, 3.8) is 0 Å². The number of nitrogens with zero attached hydrogens (tertiary/aromatic N) is 2. The molecular weight excluding hydrogens is 306 g/mol. The van der Waals surface area contributed by atoms with Crippen molar-refractivity contribution >= 4 is 12.0 Å². The van der Waals surface area contributed by atoms with E-state index < -0.39 is 0 Å². The SMILES string of the molecule is CC(C)(C)c1ccc(C2CN(C(=O)CCC3COC(=O)N3)C2)nc1. The van der Waals surface area contributed by atoms with E-state index in [1.54, 1.807) is 0 Å². The molecular formula is C18H25N3O3. The minimum Gasteiger partial charge on any atom is -0.447 e. The summed E-state index contributed by atoms with van der Waals surface area (Å²) >= 11 is 0. The van der Waals surface area contributed by atoms with Crippen LogP contribution < -0.4 is 5.32 Å². The summed E-state index contributed by atoms with van der Waals surface area (Å²) in [7, 11) is 0. The summed E-state index contributed by atoms with van der Waals surface area (Å²) in [5.74, 6) is 0.469. The molecule has 0 aliphatic carbocycles. The number of likely N-dealkylation sites (tertiary alicyclic amines) is 1. The average molecular weight is 331 g/mol. The van der Waals surface area contributed by atoms with Gasteiger partial charge in [0.15, 0.2) is 0 Å². The van der Waals surface area contributed by atoms with Gasteiger partial charge in [-0.1, -0.05) is 26.8 Å². The molecule has 2 aliphatic rings. The summed E-state index contributed by atoms with van der Waals surface area (Å²) in [6.07, 6.45) is 2.63. The number of ether oxygens (including phenoxy) is 1. The molecule has 0 bridgehead atoms. The molecule has 0 radical (unpaired) electrons. The van der Waals surface area contributed by atoms with Crippen molar-refractivity contribution in [2.24, 2.45) is 0 Å². The van der Waals surface area contributed by atoms with E-state index >= 15 is 0 Å². The van der Waals surface area contributed by atoms with Crippen LogP contribution in [-0.4, -0.2) is 47.6 Å². The van der Waals surface area contributed by atoms with E-state index in [-0.39, 0.29) is 23.5 Å². The molecule has 0 saturated carbocycles. The third-order valence-electron chi connectivity index (χ3n) is 4.75. The summed E-state index contributed by atoms with van der Waals surface area (Å²) in [4.78, 5) is 29.6. The fraction of sp³-hybridized carbons (Fsp3) is 0.611. The third-order valence-corrected chi connectivity index (χ3v) is 4.75. The number of pyridine rings is 1. The lowest BCUT2D eigenvalue weighted by Gasteiger charge is -2.39. The minimum atomic E-state index is -0.388. The number of carbonyl (C=O) groups is 2. The first kappa shape index (κ1) is 16.7. The first-order valence-corrected chi connectivity index (χ1v) is 8.50. The first-order valence-electron chi connectivity index (χ1n) is 8.50. The van der Waals surface area contributed by atoms with Crippen LogP contribution in [-0.2, 0) is 14.9 Å². The molecule has 2 amide bonds. The molecule has 2 fully saturated rings. The second-order valence-electron chi connectivity index (χ2n) is 7.70. The van der Waals surface area contributed by atoms with E-state index in [9.17, 15) is 9.59 Å². The van der Waals surface area contributed by atoms with E-state index in [4.69, 9.17) is 4.74 Å². The largest absolute Gasteiger partial charge is 0.447 e. The summed E-state index contributed by atoms with van der Waals surface area (Å²) in [5, 5.41) is 2.69. The molecule has 1 unspecified atom stereocenters. The Bertz CT molecular complexity index is 615. The van der Waals surface area contributed by atoms with Crippen molar-refractivity contribution < 1.29 is 14.3 Å². The highest BCUT2D eigenvalue weighted by atomic mass is 16.6. The molecule has 24 heavy (non-hydrogen) atoms. The maximum absolute atomic E-state index is 12.2. The van der Waals surface area contributed by atoms with Crippen LogP contribution in [0.1, 0.15) is 50.8 Å². The number of nitrogens with one attached hydrogen (secondary N) is 1. The van der Waals surface area contributed by atoms with Crippen molar-refractivity contribution in [1.29, 1.82) is 0 Å². The molecule has 1 aromatic heterocycles. The molecule has 2 saturated heterocycles. The van der Waals surface area contributed by atoms with Crippen LogP contribution in [0, 0.1) is 0 Å². The van der Waals surface area contributed by atoms with Gasteiger partial charge in [-0.05, 0) is 23.5 Å². The molecule has 6 heteroatoms. The van der Waals surface area contributed by atoms with Gasteiger partial charge in [0.2, 0.25) is 5.91 Å². The lowest BCUT2D eigenvalue weighted by molar-refractivity contribution is -0.135. The Morgan fingerprint density at radius 3 is 2.67 bits per heavy atom. The quantitative estimate of drug-likeness (QED) is 0.918. The van der Waals surface area contributed by atoms with Gasteiger partial charge in [-0.15, -0.1) is 0 Å². The van der Waals surface area contributed by atoms with E-state index in [0.29, 0.717) is 25.4 Å². The van der Waals surface area contributed by atoms with Gasteiger partial charge in [-0.2, -0.15) is 0 Å². The summed E-state index contributed by atoms with van der Waals surface area (Å²) in [6, 6.07) is 4.18. The number of hydrogen-bond acceptors (Lipinski definition) is 4. The molecule has 1 N–H and O–H groups in total. The van der Waals surface area contributed by atoms with Crippen LogP contribution >= 0.6 is 0 Å². The Kier molecular flexibility index (Phi) is 4.47. The highest BCUT2D eigenvalue weighted by Gasteiger charge is 2.33. The van der Waals surface area contributed by atoms with Gasteiger partial charge in [0, 0.05) is 37.3 Å². The number of rotatable bonds is 4. The topological polar surface area (TPSA) is 71.5 Å². The fourth-order valence-electron chi connectivity index (χ4n) is 3.00. The maximum atomic E-state index is 12.2. The van der Waals surface area contributed by atoms with E-state index in [0.717, 1.165) is 18.8 Å². The van der Waals surface area contributed by atoms with Crippen LogP contribution in [0.4, 0.5) is 4.79 Å². The number of aromatic nitrogens is 1. The van der Waals surface area contributed by atoms with Crippen molar-refractivity contribution in [3.05, 3.63) is 29.6 Å². The second-order valence-corrected chi connectivity index (χ2v) is 7.70. The molecule has 130 valence electrons. The third kappa shape index (κ3) is 3.68. The number of alkyl carbamates (subject to hydrolysis) is 1. The molecule has 3 rings (SSSR count). The smallest absolute Gasteiger partial charge is 0.407 e. The van der Waals surface area contributed by atoms with Gasteiger partial charge in [0.05, 0.1) is 6.04 Å². The zero-order valence-corrected chi connectivity index (χ0v) is 14.5. The number of hydrogen-bond donors (Lipinski definition) is 1. The standard InChI is InChI=1S/C18H25N3O3/c1-18(2,3)13-4-6-15(19-8-13)12-9-21(10-12)16(22)7-5-14-11-24-17(23)20-14/h4,6,8,12,14H,5,7,9-11H2,1-3H3,(H,20,23). The van der Waals surface area contributed by atoms with Crippen LogP contribution in [0.15, 0.2) is 18.3 Å². The predicted molar refractivity (Wildman–Crippen MR) is 89.8 cm³/mol. The molecule has 0 aromatic carbocycles. The van der Waals surface area contributed by atoms with Gasteiger partial charge in [-0.25, -0.2) is 4.79 Å². The van der Waals surface area contributed by atoms with Crippen molar-refractivity contribution in [1.82, 2.24) is 15.2 Å². The lowest BCUT2D eigenvalue weighted by Crippen LogP contribution is -2.49. The average Bonchev–Trinajstić information content (AvgIpc) is 2.89. The molecule has 3 heterocycles. The summed E-state index contributed by atoms with van der Waals surface area (Å²) in [6.45, 7) is 8.34. The van der Waals surface area contributed by atoms with Gasteiger partial charge in [-0.3, -0.25) is 9.78 Å². The van der Waals surface area contributed by atoms with Crippen LogP contribution in [0.5, 0.6) is 0 Å². The van der Waals surface area contributed by atoms with Gasteiger partial charge in [0.25, 0.3) is 0 Å². The monoisotopic (exact) mass is 331 g/mol. The predicted octanol–water partition coefficient (Wildman–Crippen LogP) is 2.19. The van der Waals surface area contributed by atoms with Crippen molar-refractivity contribution in [3.8, 4) is 0 Å². The van der Waals surface area contributed by atoms with E-state index in [1.807, 2.05) is 11.1 Å². The van der Waals surface area contributed by atoms with Crippen LogP contribution in [0.25, 0.3) is 0 Å². The Morgan fingerprint density at radius 2 is 2.12 bits per heavy atom. The summed E-state index contributed by atoms with van der Waals surface area (Å²) < 4.78 is 4.82. The first-order chi connectivity index (χ1) is 11.3. The van der Waals surface area contributed by atoms with Crippen LogP contribution in [0.3, 0.4) is 0 Å². The van der Waals surface area contributed by atoms with Gasteiger partial charge < -0.3 is 15.0 Å². The van der Waals surface area contributed by atoms with E-state index in [1.165, 1.54) is 5.56 Å². The molecule has 0 spiro atoms. The van der Waals surface area contributed by atoms with Crippen LogP contribution in [0.2, 0.25) is 0 Å². The fourth-order valence-corrected chi connectivity index (χ4v) is 3.00. The Labute approximate surface area is 142 Å². The highest BCUT2D eigenvalue weighted by Crippen LogP contribution is 2.28. The lowest BCUT2D eigenvalue weighted by atomic mass is 9.87. The normalized spacial score (nSPS) is 21.2. The van der Waals surface area contributed by atoms with Crippen molar-refractivity contribution in [2.75, 3.05) is 19.7 Å². The molecule has 1 atom stereocenters. The second kappa shape index (κ2) is 6.42. The summed E-state index contributed by atoms with van der Waals surface area (Å²) in [5.41, 5.74) is 2.38. The molecule has 1 aromatic rings. The molecule has 6 nitrogen and oxygen atoms in total. The Balaban J connectivity index is 1.45. The molecule has 2 aliphatic heterocycles.